The minimum atomic E-state index is -4.26. The molecule has 18 heavy (non-hydrogen) atoms. The number of hydrogen-bond acceptors (Lipinski definition) is 3. The molecule has 1 aromatic rings. The van der Waals surface area contributed by atoms with Crippen molar-refractivity contribution in [1.29, 1.82) is 0 Å². The van der Waals surface area contributed by atoms with Gasteiger partial charge < -0.3 is 15.0 Å². The molecule has 0 radical (unpaired) electrons. The fourth-order valence-corrected chi connectivity index (χ4v) is 1.33. The molecular weight excluding hydrogens is 245 g/mol. The zero-order valence-electron chi connectivity index (χ0n) is 10.4. The van der Waals surface area contributed by atoms with Gasteiger partial charge in [0.15, 0.2) is 0 Å². The lowest BCUT2D eigenvalue weighted by molar-refractivity contribution is -0.172. The first-order chi connectivity index (χ1) is 8.38. The van der Waals surface area contributed by atoms with Gasteiger partial charge >= 0.3 is 6.18 Å². The predicted octanol–water partition coefficient (Wildman–Crippen LogP) is 2.74. The second kappa shape index (κ2) is 6.49. The Bertz CT molecular complexity index is 349. The summed E-state index contributed by atoms with van der Waals surface area (Å²) in [6.07, 6.45) is -4.26. The highest BCUT2D eigenvalue weighted by Gasteiger charge is 2.27. The number of nitrogens with one attached hydrogen (secondary N) is 1. The zero-order chi connectivity index (χ0) is 13.6. The quantitative estimate of drug-likeness (QED) is 0.798. The van der Waals surface area contributed by atoms with E-state index in [9.17, 15) is 13.2 Å². The van der Waals surface area contributed by atoms with Gasteiger partial charge in [0.2, 0.25) is 0 Å². The monoisotopic (exact) mass is 262 g/mol. The molecule has 0 bridgehead atoms. The first-order valence-corrected chi connectivity index (χ1v) is 5.54. The normalized spacial score (nSPS) is 11.4. The summed E-state index contributed by atoms with van der Waals surface area (Å²) in [5, 5.41) is 2.99. The second-order valence-corrected chi connectivity index (χ2v) is 4.04. The van der Waals surface area contributed by atoms with Crippen LogP contribution in [0.1, 0.15) is 0 Å². The van der Waals surface area contributed by atoms with Gasteiger partial charge in [-0.05, 0) is 24.3 Å². The molecule has 3 nitrogen and oxygen atoms in total. The zero-order valence-corrected chi connectivity index (χ0v) is 10.4. The first kappa shape index (κ1) is 14.6. The number of alkyl halides is 3. The van der Waals surface area contributed by atoms with Crippen LogP contribution in [-0.2, 0) is 4.74 Å². The third kappa shape index (κ3) is 5.77. The maximum Gasteiger partial charge on any atom is 0.411 e. The van der Waals surface area contributed by atoms with Crippen molar-refractivity contribution in [3.8, 4) is 0 Å². The molecule has 0 unspecified atom stereocenters. The van der Waals surface area contributed by atoms with Crippen molar-refractivity contribution < 1.29 is 17.9 Å². The summed E-state index contributed by atoms with van der Waals surface area (Å²) in [7, 11) is 3.88. The van der Waals surface area contributed by atoms with Gasteiger partial charge in [-0.3, -0.25) is 0 Å². The van der Waals surface area contributed by atoms with Gasteiger partial charge in [0.1, 0.15) is 6.61 Å². The van der Waals surface area contributed by atoms with Crippen LogP contribution in [0.25, 0.3) is 0 Å². The van der Waals surface area contributed by atoms with Crippen molar-refractivity contribution in [2.75, 3.05) is 44.1 Å². The molecule has 0 saturated heterocycles. The average Bonchev–Trinajstić information content (AvgIpc) is 2.27. The lowest BCUT2D eigenvalue weighted by atomic mass is 10.2. The first-order valence-electron chi connectivity index (χ1n) is 5.54. The molecule has 0 aliphatic rings. The topological polar surface area (TPSA) is 24.5 Å². The van der Waals surface area contributed by atoms with Crippen LogP contribution < -0.4 is 10.2 Å². The smallest absolute Gasteiger partial charge is 0.383 e. The number of halogens is 3. The predicted molar refractivity (Wildman–Crippen MR) is 66.1 cm³/mol. The van der Waals surface area contributed by atoms with Gasteiger partial charge in [-0.15, -0.1) is 0 Å². The Hall–Kier alpha value is -1.43. The highest BCUT2D eigenvalue weighted by molar-refractivity contribution is 5.54. The number of hydrogen-bond donors (Lipinski definition) is 1. The molecule has 1 N–H and O–H groups in total. The third-order valence-electron chi connectivity index (χ3n) is 2.22. The fourth-order valence-electron chi connectivity index (χ4n) is 1.33. The Balaban J connectivity index is 2.23. The Kier molecular flexibility index (Phi) is 5.27. The molecule has 1 aromatic carbocycles. The van der Waals surface area contributed by atoms with Crippen molar-refractivity contribution in [1.82, 2.24) is 0 Å². The van der Waals surface area contributed by atoms with Gasteiger partial charge in [-0.25, -0.2) is 0 Å². The van der Waals surface area contributed by atoms with Crippen LogP contribution >= 0.6 is 0 Å². The summed E-state index contributed by atoms with van der Waals surface area (Å²) in [4.78, 5) is 1.97. The molecule has 0 spiro atoms. The molecule has 1 rings (SSSR count). The summed E-state index contributed by atoms with van der Waals surface area (Å²) < 4.78 is 39.8. The van der Waals surface area contributed by atoms with Gasteiger partial charge in [0.05, 0.1) is 6.61 Å². The summed E-state index contributed by atoms with van der Waals surface area (Å²) >= 11 is 0. The van der Waals surface area contributed by atoms with Gasteiger partial charge in [-0.1, -0.05) is 0 Å². The van der Waals surface area contributed by atoms with E-state index in [-0.39, 0.29) is 6.61 Å². The molecular formula is C12H17F3N2O. The molecule has 0 heterocycles. The molecule has 0 aliphatic carbocycles. The van der Waals surface area contributed by atoms with E-state index in [1.165, 1.54) is 0 Å². The minimum absolute atomic E-state index is 0.0228. The van der Waals surface area contributed by atoms with E-state index in [1.54, 1.807) is 0 Å². The molecule has 0 aliphatic heterocycles. The van der Waals surface area contributed by atoms with Crippen LogP contribution in [-0.4, -0.2) is 40.0 Å². The molecule has 0 atom stereocenters. The maximum atomic E-state index is 11.8. The van der Waals surface area contributed by atoms with Crippen molar-refractivity contribution in [3.63, 3.8) is 0 Å². The summed E-state index contributed by atoms with van der Waals surface area (Å²) in [5.74, 6) is 0. The Morgan fingerprint density at radius 2 is 1.78 bits per heavy atom. The van der Waals surface area contributed by atoms with Crippen LogP contribution in [0, 0.1) is 0 Å². The van der Waals surface area contributed by atoms with E-state index in [0.29, 0.717) is 6.54 Å². The van der Waals surface area contributed by atoms with E-state index in [2.05, 4.69) is 10.1 Å². The van der Waals surface area contributed by atoms with Crippen molar-refractivity contribution in [2.24, 2.45) is 0 Å². The summed E-state index contributed by atoms with van der Waals surface area (Å²) in [6, 6.07) is 7.61. The van der Waals surface area contributed by atoms with Crippen LogP contribution in [0.5, 0.6) is 0 Å². The Labute approximate surface area is 105 Å². The minimum Gasteiger partial charge on any atom is -0.383 e. The van der Waals surface area contributed by atoms with Crippen LogP contribution in [0.15, 0.2) is 24.3 Å². The number of anilines is 2. The Morgan fingerprint density at radius 3 is 2.28 bits per heavy atom. The lowest BCUT2D eigenvalue weighted by Crippen LogP contribution is -2.20. The van der Waals surface area contributed by atoms with Gasteiger partial charge in [0.25, 0.3) is 0 Å². The third-order valence-corrected chi connectivity index (χ3v) is 2.22. The SMILES string of the molecule is CN(C)c1ccc(NCCOCC(F)(F)F)cc1. The standard InChI is InChI=1S/C12H17F3N2O/c1-17(2)11-5-3-10(4-6-11)16-7-8-18-9-12(13,14)15/h3-6,16H,7-9H2,1-2H3. The van der Waals surface area contributed by atoms with E-state index >= 15 is 0 Å². The molecule has 102 valence electrons. The maximum absolute atomic E-state index is 11.8. The second-order valence-electron chi connectivity index (χ2n) is 4.04. The number of nitrogens with zero attached hydrogens (tertiary/aromatic N) is 1. The molecule has 0 saturated carbocycles. The lowest BCUT2D eigenvalue weighted by Gasteiger charge is -2.13. The van der Waals surface area contributed by atoms with Crippen LogP contribution in [0.2, 0.25) is 0 Å². The number of benzene rings is 1. The average molecular weight is 262 g/mol. The van der Waals surface area contributed by atoms with E-state index in [4.69, 9.17) is 0 Å². The van der Waals surface area contributed by atoms with Gasteiger partial charge in [-0.2, -0.15) is 13.2 Å². The van der Waals surface area contributed by atoms with Crippen LogP contribution in [0.3, 0.4) is 0 Å². The molecule has 0 aromatic heterocycles. The van der Waals surface area contributed by atoms with E-state index in [1.807, 2.05) is 43.3 Å². The van der Waals surface area contributed by atoms with Crippen molar-refractivity contribution in [3.05, 3.63) is 24.3 Å². The van der Waals surface area contributed by atoms with Crippen LogP contribution in [0.4, 0.5) is 24.5 Å². The largest absolute Gasteiger partial charge is 0.411 e. The van der Waals surface area contributed by atoms with Crippen molar-refractivity contribution >= 4 is 11.4 Å². The van der Waals surface area contributed by atoms with E-state index in [0.717, 1.165) is 11.4 Å². The number of rotatable bonds is 6. The number of ether oxygens (including phenoxy) is 1. The fraction of sp³-hybridized carbons (Fsp3) is 0.500. The highest BCUT2D eigenvalue weighted by atomic mass is 19.4. The molecule has 0 fully saturated rings. The Morgan fingerprint density at radius 1 is 1.17 bits per heavy atom. The highest BCUT2D eigenvalue weighted by Crippen LogP contribution is 2.16. The van der Waals surface area contributed by atoms with E-state index < -0.39 is 12.8 Å². The van der Waals surface area contributed by atoms with Crippen molar-refractivity contribution in [2.45, 2.75) is 6.18 Å². The molecule has 6 heteroatoms. The summed E-state index contributed by atoms with van der Waals surface area (Å²) in [6.45, 7) is -0.833. The molecule has 0 amide bonds. The summed E-state index contributed by atoms with van der Waals surface area (Å²) in [5.41, 5.74) is 1.92. The van der Waals surface area contributed by atoms with Gasteiger partial charge in [0, 0.05) is 32.0 Å².